The minimum Gasteiger partial charge on any atom is -0.465 e. The predicted octanol–water partition coefficient (Wildman–Crippen LogP) is 2.43. The molecule has 0 spiro atoms. The molecule has 0 saturated carbocycles. The highest BCUT2D eigenvalue weighted by atomic mass is 16.5. The lowest BCUT2D eigenvalue weighted by atomic mass is 10.2. The number of esters is 1. The smallest absolute Gasteiger partial charge is 0.339 e. The molecule has 4 nitrogen and oxygen atoms in total. The fourth-order valence-corrected chi connectivity index (χ4v) is 1.40. The summed E-state index contributed by atoms with van der Waals surface area (Å²) in [4.78, 5) is 19.4. The van der Waals surface area contributed by atoms with E-state index < -0.39 is 0 Å². The van der Waals surface area contributed by atoms with E-state index in [4.69, 9.17) is 0 Å². The SMILES string of the molecule is COC(=O)c1ccc(/C=C/c2cccnc2)nc1. The molecule has 0 aliphatic rings. The molecule has 18 heavy (non-hydrogen) atoms. The van der Waals surface area contributed by atoms with Crippen LogP contribution in [-0.4, -0.2) is 23.0 Å². The monoisotopic (exact) mass is 240 g/mol. The number of hydrogen-bond acceptors (Lipinski definition) is 4. The number of ether oxygens (including phenoxy) is 1. The van der Waals surface area contributed by atoms with Gasteiger partial charge in [-0.2, -0.15) is 0 Å². The van der Waals surface area contributed by atoms with Gasteiger partial charge in [-0.05, 0) is 29.8 Å². The molecule has 0 saturated heterocycles. The van der Waals surface area contributed by atoms with Crippen molar-refractivity contribution in [3.05, 3.63) is 59.7 Å². The zero-order valence-corrected chi connectivity index (χ0v) is 9.91. The number of rotatable bonds is 3. The van der Waals surface area contributed by atoms with Gasteiger partial charge in [-0.1, -0.05) is 12.1 Å². The Bertz CT molecular complexity index is 548. The van der Waals surface area contributed by atoms with Gasteiger partial charge in [0.2, 0.25) is 0 Å². The first-order chi connectivity index (χ1) is 8.79. The van der Waals surface area contributed by atoms with E-state index in [1.165, 1.54) is 13.3 Å². The maximum Gasteiger partial charge on any atom is 0.339 e. The summed E-state index contributed by atoms with van der Waals surface area (Å²) >= 11 is 0. The second-order valence-corrected chi connectivity index (χ2v) is 3.58. The van der Waals surface area contributed by atoms with Crippen LogP contribution in [0.25, 0.3) is 12.2 Å². The molecule has 0 aliphatic heterocycles. The van der Waals surface area contributed by atoms with Crippen molar-refractivity contribution in [2.45, 2.75) is 0 Å². The standard InChI is InChI=1S/C14H12N2O2/c1-18-14(17)12-5-7-13(16-10-12)6-4-11-3-2-8-15-9-11/h2-10H,1H3/b6-4+. The second kappa shape index (κ2) is 5.72. The molecule has 0 fully saturated rings. The highest BCUT2D eigenvalue weighted by Gasteiger charge is 2.03. The first-order valence-electron chi connectivity index (χ1n) is 5.42. The van der Waals surface area contributed by atoms with Gasteiger partial charge in [-0.15, -0.1) is 0 Å². The van der Waals surface area contributed by atoms with Crippen LogP contribution in [0.1, 0.15) is 21.6 Å². The van der Waals surface area contributed by atoms with Crippen molar-refractivity contribution in [2.24, 2.45) is 0 Å². The third-order valence-electron chi connectivity index (χ3n) is 2.34. The summed E-state index contributed by atoms with van der Waals surface area (Å²) in [5.41, 5.74) is 2.21. The van der Waals surface area contributed by atoms with Crippen LogP contribution in [0.2, 0.25) is 0 Å². The Labute approximate surface area is 105 Å². The van der Waals surface area contributed by atoms with Crippen LogP contribution in [0.5, 0.6) is 0 Å². The molecule has 0 N–H and O–H groups in total. The van der Waals surface area contributed by atoms with Crippen molar-refractivity contribution < 1.29 is 9.53 Å². The number of aromatic nitrogens is 2. The maximum atomic E-state index is 11.2. The fourth-order valence-electron chi connectivity index (χ4n) is 1.40. The summed E-state index contributed by atoms with van der Waals surface area (Å²) in [7, 11) is 1.35. The fraction of sp³-hybridized carbons (Fsp3) is 0.0714. The molecule has 0 bridgehead atoms. The quantitative estimate of drug-likeness (QED) is 0.773. The third-order valence-corrected chi connectivity index (χ3v) is 2.34. The van der Waals surface area contributed by atoms with Crippen LogP contribution in [0.3, 0.4) is 0 Å². The molecular formula is C14H12N2O2. The Kier molecular flexibility index (Phi) is 3.81. The molecule has 0 atom stereocenters. The zero-order chi connectivity index (χ0) is 12.8. The predicted molar refractivity (Wildman–Crippen MR) is 68.7 cm³/mol. The second-order valence-electron chi connectivity index (χ2n) is 3.58. The van der Waals surface area contributed by atoms with Crippen molar-refractivity contribution >= 4 is 18.1 Å². The van der Waals surface area contributed by atoms with Gasteiger partial charge in [0.05, 0.1) is 18.4 Å². The van der Waals surface area contributed by atoms with Gasteiger partial charge in [0.15, 0.2) is 0 Å². The lowest BCUT2D eigenvalue weighted by molar-refractivity contribution is 0.0600. The topological polar surface area (TPSA) is 52.1 Å². The molecule has 4 heteroatoms. The summed E-state index contributed by atoms with van der Waals surface area (Å²) in [6, 6.07) is 7.26. The number of carbonyl (C=O) groups excluding carboxylic acids is 1. The number of methoxy groups -OCH3 is 1. The zero-order valence-electron chi connectivity index (χ0n) is 9.91. The highest BCUT2D eigenvalue weighted by Crippen LogP contribution is 2.06. The van der Waals surface area contributed by atoms with Crippen LogP contribution >= 0.6 is 0 Å². The maximum absolute atomic E-state index is 11.2. The van der Waals surface area contributed by atoms with Crippen LogP contribution in [0.4, 0.5) is 0 Å². The van der Waals surface area contributed by atoms with Crippen LogP contribution in [0, 0.1) is 0 Å². The Hall–Kier alpha value is -2.49. The van der Waals surface area contributed by atoms with Gasteiger partial charge in [-0.25, -0.2) is 4.79 Å². The van der Waals surface area contributed by atoms with Crippen molar-refractivity contribution in [3.8, 4) is 0 Å². The normalized spacial score (nSPS) is 10.5. The first-order valence-corrected chi connectivity index (χ1v) is 5.42. The number of pyridine rings is 2. The molecule has 0 radical (unpaired) electrons. The Morgan fingerprint density at radius 1 is 1.22 bits per heavy atom. The van der Waals surface area contributed by atoms with Crippen molar-refractivity contribution in [1.82, 2.24) is 9.97 Å². The Balaban J connectivity index is 2.11. The first kappa shape index (κ1) is 12.0. The Morgan fingerprint density at radius 3 is 2.72 bits per heavy atom. The summed E-state index contributed by atoms with van der Waals surface area (Å²) in [5.74, 6) is -0.384. The third kappa shape index (κ3) is 3.01. The lowest BCUT2D eigenvalue weighted by Crippen LogP contribution is -2.01. The van der Waals surface area contributed by atoms with E-state index in [2.05, 4.69) is 14.7 Å². The van der Waals surface area contributed by atoms with E-state index in [-0.39, 0.29) is 5.97 Å². The van der Waals surface area contributed by atoms with Gasteiger partial charge in [0.1, 0.15) is 0 Å². The molecule has 2 aromatic rings. The van der Waals surface area contributed by atoms with Crippen LogP contribution in [0.15, 0.2) is 42.9 Å². The number of hydrogen-bond donors (Lipinski definition) is 0. The van der Waals surface area contributed by atoms with E-state index in [9.17, 15) is 4.79 Å². The van der Waals surface area contributed by atoms with Gasteiger partial charge >= 0.3 is 5.97 Å². The molecular weight excluding hydrogens is 228 g/mol. The molecule has 2 aromatic heterocycles. The summed E-state index contributed by atoms with van der Waals surface area (Å²) < 4.78 is 4.60. The minimum absolute atomic E-state index is 0.384. The average molecular weight is 240 g/mol. The number of carbonyl (C=O) groups is 1. The summed E-state index contributed by atoms with van der Waals surface area (Å²) in [6.45, 7) is 0. The number of nitrogens with zero attached hydrogens (tertiary/aromatic N) is 2. The van der Waals surface area contributed by atoms with Gasteiger partial charge in [0, 0.05) is 18.6 Å². The average Bonchev–Trinajstić information content (AvgIpc) is 2.46. The van der Waals surface area contributed by atoms with Gasteiger partial charge in [-0.3, -0.25) is 9.97 Å². The summed E-state index contributed by atoms with van der Waals surface area (Å²) in [5, 5.41) is 0. The van der Waals surface area contributed by atoms with Gasteiger partial charge < -0.3 is 4.74 Å². The van der Waals surface area contributed by atoms with E-state index in [1.807, 2.05) is 24.3 Å². The van der Waals surface area contributed by atoms with Gasteiger partial charge in [0.25, 0.3) is 0 Å². The van der Waals surface area contributed by atoms with E-state index in [1.54, 1.807) is 24.5 Å². The van der Waals surface area contributed by atoms with E-state index >= 15 is 0 Å². The molecule has 0 unspecified atom stereocenters. The highest BCUT2D eigenvalue weighted by molar-refractivity contribution is 5.89. The molecule has 2 heterocycles. The van der Waals surface area contributed by atoms with E-state index in [0.717, 1.165) is 11.3 Å². The minimum atomic E-state index is -0.384. The van der Waals surface area contributed by atoms with Crippen LogP contribution in [-0.2, 0) is 4.74 Å². The lowest BCUT2D eigenvalue weighted by Gasteiger charge is -1.98. The molecule has 90 valence electrons. The molecule has 2 rings (SSSR count). The van der Waals surface area contributed by atoms with Crippen molar-refractivity contribution in [1.29, 1.82) is 0 Å². The Morgan fingerprint density at radius 2 is 2.11 bits per heavy atom. The van der Waals surface area contributed by atoms with E-state index in [0.29, 0.717) is 5.56 Å². The molecule has 0 aliphatic carbocycles. The summed E-state index contributed by atoms with van der Waals surface area (Å²) in [6.07, 6.45) is 8.75. The largest absolute Gasteiger partial charge is 0.465 e. The molecule has 0 aromatic carbocycles. The van der Waals surface area contributed by atoms with Crippen molar-refractivity contribution in [2.75, 3.05) is 7.11 Å². The van der Waals surface area contributed by atoms with Crippen molar-refractivity contribution in [3.63, 3.8) is 0 Å². The van der Waals surface area contributed by atoms with Crippen LogP contribution < -0.4 is 0 Å². The molecule has 0 amide bonds.